The molecule has 0 unspecified atom stereocenters. The number of hydrogen-bond donors (Lipinski definition) is 0. The van der Waals surface area contributed by atoms with Crippen molar-refractivity contribution in [1.82, 2.24) is 0 Å². The first-order valence-electron chi connectivity index (χ1n) is 8.89. The zero-order valence-electron chi connectivity index (χ0n) is 15.8. The van der Waals surface area contributed by atoms with E-state index in [1.807, 2.05) is 84.9 Å². The van der Waals surface area contributed by atoms with E-state index in [2.05, 4.69) is 0 Å². The Labute approximate surface area is 191 Å². The standard InChI is InChI=1S/C22H18O4S4/c23-21(25-15-17-7-3-1-4-8-17)29-27-19-11-13-20(14-12-19)28-30-22(24)26-16-18-9-5-2-6-10-18/h1-14H,15-16H2. The average Bonchev–Trinajstić information content (AvgIpc) is 2.80. The van der Waals surface area contributed by atoms with Crippen molar-refractivity contribution in [3.05, 3.63) is 96.1 Å². The lowest BCUT2D eigenvalue weighted by Gasteiger charge is -2.05. The third-order valence-corrected chi connectivity index (χ3v) is 7.71. The highest BCUT2D eigenvalue weighted by Gasteiger charge is 2.08. The molecule has 0 heterocycles. The first kappa shape index (κ1) is 22.7. The first-order valence-corrected chi connectivity index (χ1v) is 13.2. The van der Waals surface area contributed by atoms with Gasteiger partial charge in [-0.2, -0.15) is 0 Å². The Morgan fingerprint density at radius 3 is 1.30 bits per heavy atom. The van der Waals surface area contributed by atoms with Crippen molar-refractivity contribution in [3.63, 3.8) is 0 Å². The van der Waals surface area contributed by atoms with Gasteiger partial charge in [0, 0.05) is 31.4 Å². The fraction of sp³-hybridized carbons (Fsp3) is 0.0909. The van der Waals surface area contributed by atoms with E-state index in [4.69, 9.17) is 9.47 Å². The van der Waals surface area contributed by atoms with Crippen LogP contribution in [-0.4, -0.2) is 10.6 Å². The highest BCUT2D eigenvalue weighted by molar-refractivity contribution is 8.82. The van der Waals surface area contributed by atoms with Gasteiger partial charge in [0.05, 0.1) is 0 Å². The van der Waals surface area contributed by atoms with Crippen molar-refractivity contribution in [2.24, 2.45) is 0 Å². The van der Waals surface area contributed by atoms with Crippen LogP contribution in [0.25, 0.3) is 0 Å². The minimum absolute atomic E-state index is 0.264. The van der Waals surface area contributed by atoms with Crippen molar-refractivity contribution in [3.8, 4) is 0 Å². The largest absolute Gasteiger partial charge is 0.452 e. The van der Waals surface area contributed by atoms with Crippen LogP contribution in [0.5, 0.6) is 0 Å². The Morgan fingerprint density at radius 2 is 0.933 bits per heavy atom. The lowest BCUT2D eigenvalue weighted by molar-refractivity contribution is 0.168. The second-order valence-corrected chi connectivity index (χ2v) is 10.1. The van der Waals surface area contributed by atoms with Gasteiger partial charge in [0.1, 0.15) is 13.2 Å². The predicted molar refractivity (Wildman–Crippen MR) is 127 cm³/mol. The zero-order chi connectivity index (χ0) is 21.0. The molecule has 0 aliphatic carbocycles. The summed E-state index contributed by atoms with van der Waals surface area (Å²) in [5.74, 6) is 0. The van der Waals surface area contributed by atoms with Crippen LogP contribution in [0.3, 0.4) is 0 Å². The SMILES string of the molecule is O=C(OCc1ccccc1)SSc1ccc(SSC(=O)OCc2ccccc2)cc1. The number of carbonyl (C=O) groups excluding carboxylic acids is 2. The summed E-state index contributed by atoms with van der Waals surface area (Å²) in [6.07, 6.45) is 0. The minimum atomic E-state index is -0.334. The molecular formula is C22H18O4S4. The molecule has 0 saturated heterocycles. The summed E-state index contributed by atoms with van der Waals surface area (Å²) in [6, 6.07) is 26.7. The molecule has 154 valence electrons. The monoisotopic (exact) mass is 474 g/mol. The number of rotatable bonds is 8. The quantitative estimate of drug-likeness (QED) is 0.242. The molecule has 0 spiro atoms. The summed E-state index contributed by atoms with van der Waals surface area (Å²) in [6.45, 7) is 0.529. The van der Waals surface area contributed by atoms with E-state index in [9.17, 15) is 9.59 Å². The van der Waals surface area contributed by atoms with Gasteiger partial charge in [0.15, 0.2) is 0 Å². The van der Waals surface area contributed by atoms with Crippen LogP contribution in [0.15, 0.2) is 94.7 Å². The van der Waals surface area contributed by atoms with Crippen LogP contribution >= 0.6 is 43.2 Å². The second-order valence-electron chi connectivity index (χ2n) is 5.85. The maximum absolute atomic E-state index is 11.9. The molecule has 3 aromatic rings. The van der Waals surface area contributed by atoms with Crippen molar-refractivity contribution >= 4 is 53.8 Å². The molecule has 30 heavy (non-hydrogen) atoms. The molecule has 0 amide bonds. The Hall–Kier alpha value is -2.00. The maximum Gasteiger partial charge on any atom is 0.378 e. The van der Waals surface area contributed by atoms with E-state index >= 15 is 0 Å². The summed E-state index contributed by atoms with van der Waals surface area (Å²) >= 11 is 0. The molecule has 0 saturated carbocycles. The molecule has 0 atom stereocenters. The Morgan fingerprint density at radius 1 is 0.567 bits per heavy atom. The second kappa shape index (κ2) is 12.6. The number of ether oxygens (including phenoxy) is 2. The molecular weight excluding hydrogens is 457 g/mol. The zero-order valence-corrected chi connectivity index (χ0v) is 19.0. The van der Waals surface area contributed by atoms with Gasteiger partial charge < -0.3 is 9.47 Å². The Balaban J connectivity index is 1.34. The number of carbonyl (C=O) groups is 2. The van der Waals surface area contributed by atoms with Gasteiger partial charge >= 0.3 is 10.6 Å². The van der Waals surface area contributed by atoms with E-state index in [0.717, 1.165) is 42.5 Å². The van der Waals surface area contributed by atoms with E-state index in [1.165, 1.54) is 21.6 Å². The van der Waals surface area contributed by atoms with Gasteiger partial charge in [0.25, 0.3) is 0 Å². The van der Waals surface area contributed by atoms with Crippen molar-refractivity contribution in [1.29, 1.82) is 0 Å². The molecule has 4 nitrogen and oxygen atoms in total. The molecule has 0 aliphatic rings. The Bertz CT molecular complexity index is 856. The summed E-state index contributed by atoms with van der Waals surface area (Å²) in [4.78, 5) is 25.6. The third-order valence-electron chi connectivity index (χ3n) is 3.63. The van der Waals surface area contributed by atoms with Crippen LogP contribution < -0.4 is 0 Å². The lowest BCUT2D eigenvalue weighted by atomic mass is 10.2. The fourth-order valence-corrected chi connectivity index (χ4v) is 5.17. The van der Waals surface area contributed by atoms with Crippen molar-refractivity contribution in [2.45, 2.75) is 23.0 Å². The first-order chi connectivity index (χ1) is 14.7. The summed E-state index contributed by atoms with van der Waals surface area (Å²) in [7, 11) is 4.77. The van der Waals surface area contributed by atoms with Crippen molar-refractivity contribution in [2.75, 3.05) is 0 Å². The average molecular weight is 475 g/mol. The summed E-state index contributed by atoms with van der Waals surface area (Å²) in [5.41, 5.74) is 1.91. The fourth-order valence-electron chi connectivity index (χ4n) is 2.20. The molecule has 8 heteroatoms. The van der Waals surface area contributed by atoms with Gasteiger partial charge in [-0.05, 0) is 57.0 Å². The summed E-state index contributed by atoms with van der Waals surface area (Å²) < 4.78 is 10.5. The van der Waals surface area contributed by atoms with E-state index in [0.29, 0.717) is 0 Å². The molecule has 0 N–H and O–H groups in total. The smallest absolute Gasteiger partial charge is 0.378 e. The highest BCUT2D eigenvalue weighted by Crippen LogP contribution is 2.36. The topological polar surface area (TPSA) is 52.6 Å². The Kier molecular flexibility index (Phi) is 9.56. The van der Waals surface area contributed by atoms with Gasteiger partial charge in [-0.1, -0.05) is 60.7 Å². The molecule has 3 rings (SSSR count). The van der Waals surface area contributed by atoms with Crippen molar-refractivity contribution < 1.29 is 19.1 Å². The normalized spacial score (nSPS) is 10.4. The van der Waals surface area contributed by atoms with E-state index in [-0.39, 0.29) is 23.8 Å². The van der Waals surface area contributed by atoms with Gasteiger partial charge in [-0.3, -0.25) is 0 Å². The minimum Gasteiger partial charge on any atom is -0.452 e. The van der Waals surface area contributed by atoms with Crippen LogP contribution in [0.2, 0.25) is 0 Å². The van der Waals surface area contributed by atoms with Gasteiger partial charge in [0.2, 0.25) is 0 Å². The highest BCUT2D eigenvalue weighted by atomic mass is 33.1. The molecule has 0 aromatic heterocycles. The van der Waals surface area contributed by atoms with Gasteiger partial charge in [-0.25, -0.2) is 9.59 Å². The van der Waals surface area contributed by atoms with Gasteiger partial charge in [-0.15, -0.1) is 0 Å². The van der Waals surface area contributed by atoms with Crippen LogP contribution in [-0.2, 0) is 22.7 Å². The molecule has 0 radical (unpaired) electrons. The number of hydrogen-bond acceptors (Lipinski definition) is 8. The molecule has 0 fully saturated rings. The van der Waals surface area contributed by atoms with Crippen LogP contribution in [0.4, 0.5) is 9.59 Å². The van der Waals surface area contributed by atoms with E-state index in [1.54, 1.807) is 0 Å². The van der Waals surface area contributed by atoms with E-state index < -0.39 is 0 Å². The van der Waals surface area contributed by atoms with Crippen LogP contribution in [0.1, 0.15) is 11.1 Å². The predicted octanol–water partition coefficient (Wildman–Crippen LogP) is 7.84. The molecule has 0 aliphatic heterocycles. The molecule has 3 aromatic carbocycles. The molecule has 0 bridgehead atoms. The number of benzene rings is 3. The van der Waals surface area contributed by atoms with Crippen LogP contribution in [0, 0.1) is 0 Å². The summed E-state index contributed by atoms with van der Waals surface area (Å²) in [5, 5.41) is -0.668. The maximum atomic E-state index is 11.9. The third kappa shape index (κ3) is 8.39. The lowest BCUT2D eigenvalue weighted by Crippen LogP contribution is -1.96.